The number of fused-ring (bicyclic) bond motifs is 1. The van der Waals surface area contributed by atoms with Gasteiger partial charge in [0.1, 0.15) is 6.04 Å². The second-order valence-electron chi connectivity index (χ2n) is 5.11. The van der Waals surface area contributed by atoms with Crippen molar-refractivity contribution < 1.29 is 28.7 Å². The number of benzene rings is 1. The lowest BCUT2D eigenvalue weighted by Gasteiger charge is -2.26. The first-order valence-electron chi connectivity index (χ1n) is 6.68. The summed E-state index contributed by atoms with van der Waals surface area (Å²) in [6.45, 7) is 1.30. The SMILES string of the molecule is CC(=O)c1cccc2c1C(=O)N(C1CCC(=O)OC1=O)C2=O. The molecule has 1 unspecified atom stereocenters. The second kappa shape index (κ2) is 4.87. The maximum Gasteiger partial charge on any atom is 0.337 e. The summed E-state index contributed by atoms with van der Waals surface area (Å²) in [5.41, 5.74) is 0.228. The van der Waals surface area contributed by atoms with E-state index in [0.717, 1.165) is 4.90 Å². The van der Waals surface area contributed by atoms with Gasteiger partial charge in [-0.1, -0.05) is 12.1 Å². The molecule has 0 aliphatic carbocycles. The number of hydrogen-bond acceptors (Lipinski definition) is 6. The molecule has 0 saturated carbocycles. The van der Waals surface area contributed by atoms with Crippen molar-refractivity contribution in [1.82, 2.24) is 4.90 Å². The number of esters is 2. The van der Waals surface area contributed by atoms with Crippen molar-refractivity contribution in [2.24, 2.45) is 0 Å². The monoisotopic (exact) mass is 301 g/mol. The van der Waals surface area contributed by atoms with Gasteiger partial charge >= 0.3 is 11.9 Å². The highest BCUT2D eigenvalue weighted by Gasteiger charge is 2.46. The van der Waals surface area contributed by atoms with Crippen LogP contribution in [-0.4, -0.2) is 40.5 Å². The molecule has 1 atom stereocenters. The first-order valence-corrected chi connectivity index (χ1v) is 6.68. The number of nitrogens with zero attached hydrogens (tertiary/aromatic N) is 1. The summed E-state index contributed by atoms with van der Waals surface area (Å²) in [7, 11) is 0. The minimum Gasteiger partial charge on any atom is -0.392 e. The van der Waals surface area contributed by atoms with Crippen molar-refractivity contribution >= 4 is 29.5 Å². The van der Waals surface area contributed by atoms with Crippen molar-refractivity contribution in [3.05, 3.63) is 34.9 Å². The van der Waals surface area contributed by atoms with Crippen molar-refractivity contribution in [3.8, 4) is 0 Å². The highest BCUT2D eigenvalue weighted by atomic mass is 16.6. The van der Waals surface area contributed by atoms with Crippen LogP contribution in [0, 0.1) is 0 Å². The van der Waals surface area contributed by atoms with Gasteiger partial charge < -0.3 is 4.74 Å². The third kappa shape index (κ3) is 1.93. The van der Waals surface area contributed by atoms with E-state index in [2.05, 4.69) is 4.74 Å². The number of rotatable bonds is 2. The third-order valence-corrected chi connectivity index (χ3v) is 3.75. The number of carbonyl (C=O) groups is 5. The lowest BCUT2D eigenvalue weighted by atomic mass is 10.0. The summed E-state index contributed by atoms with van der Waals surface area (Å²) in [5.74, 6) is -3.31. The van der Waals surface area contributed by atoms with E-state index < -0.39 is 29.8 Å². The average molecular weight is 301 g/mol. The molecule has 3 rings (SSSR count). The van der Waals surface area contributed by atoms with Crippen LogP contribution in [0.15, 0.2) is 18.2 Å². The fourth-order valence-electron chi connectivity index (χ4n) is 2.72. The molecular formula is C15H11NO6. The first kappa shape index (κ1) is 14.1. The largest absolute Gasteiger partial charge is 0.392 e. The fourth-order valence-corrected chi connectivity index (χ4v) is 2.72. The van der Waals surface area contributed by atoms with Gasteiger partial charge in [0.25, 0.3) is 11.8 Å². The zero-order valence-corrected chi connectivity index (χ0v) is 11.6. The van der Waals surface area contributed by atoms with Gasteiger partial charge in [-0.2, -0.15) is 0 Å². The van der Waals surface area contributed by atoms with E-state index in [9.17, 15) is 24.0 Å². The van der Waals surface area contributed by atoms with Gasteiger partial charge in [0.2, 0.25) is 0 Å². The Morgan fingerprint density at radius 2 is 1.91 bits per heavy atom. The summed E-state index contributed by atoms with van der Waals surface area (Å²) in [4.78, 5) is 60.2. The van der Waals surface area contributed by atoms with Crippen molar-refractivity contribution in [2.45, 2.75) is 25.8 Å². The van der Waals surface area contributed by atoms with Crippen LogP contribution in [0.4, 0.5) is 0 Å². The van der Waals surface area contributed by atoms with Crippen molar-refractivity contribution in [3.63, 3.8) is 0 Å². The molecular weight excluding hydrogens is 290 g/mol. The van der Waals surface area contributed by atoms with Gasteiger partial charge in [-0.25, -0.2) is 4.79 Å². The van der Waals surface area contributed by atoms with E-state index in [4.69, 9.17) is 0 Å². The molecule has 0 N–H and O–H groups in total. The predicted molar refractivity (Wildman–Crippen MR) is 71.1 cm³/mol. The molecule has 0 aromatic heterocycles. The molecule has 112 valence electrons. The number of ether oxygens (including phenoxy) is 1. The number of ketones is 1. The Labute approximate surface area is 124 Å². The number of hydrogen-bond donors (Lipinski definition) is 0. The smallest absolute Gasteiger partial charge is 0.337 e. The van der Waals surface area contributed by atoms with Gasteiger partial charge in [0.15, 0.2) is 5.78 Å². The van der Waals surface area contributed by atoms with E-state index in [1.54, 1.807) is 0 Å². The third-order valence-electron chi connectivity index (χ3n) is 3.75. The van der Waals surface area contributed by atoms with Gasteiger partial charge in [0, 0.05) is 12.0 Å². The first-order chi connectivity index (χ1) is 10.4. The van der Waals surface area contributed by atoms with Gasteiger partial charge in [0.05, 0.1) is 11.1 Å². The number of Topliss-reactive ketones (excluding diaryl/α,β-unsaturated/α-hetero) is 1. The summed E-state index contributed by atoms with van der Waals surface area (Å²) in [6.07, 6.45) is -0.0259. The lowest BCUT2D eigenvalue weighted by molar-refractivity contribution is -0.167. The van der Waals surface area contributed by atoms with Crippen LogP contribution >= 0.6 is 0 Å². The zero-order chi connectivity index (χ0) is 16.0. The highest BCUT2D eigenvalue weighted by Crippen LogP contribution is 2.30. The molecule has 0 bridgehead atoms. The Morgan fingerprint density at radius 1 is 1.18 bits per heavy atom. The molecule has 1 fully saturated rings. The van der Waals surface area contributed by atoms with Crippen molar-refractivity contribution in [2.75, 3.05) is 0 Å². The van der Waals surface area contributed by atoms with E-state index in [1.807, 2.05) is 0 Å². The molecule has 0 spiro atoms. The zero-order valence-electron chi connectivity index (χ0n) is 11.6. The Kier molecular flexibility index (Phi) is 3.13. The van der Waals surface area contributed by atoms with E-state index in [0.29, 0.717) is 0 Å². The fraction of sp³-hybridized carbons (Fsp3) is 0.267. The summed E-state index contributed by atoms with van der Waals surface area (Å²) < 4.78 is 4.49. The topological polar surface area (TPSA) is 97.8 Å². The second-order valence-corrected chi connectivity index (χ2v) is 5.11. The summed E-state index contributed by atoms with van der Waals surface area (Å²) >= 11 is 0. The summed E-state index contributed by atoms with van der Waals surface area (Å²) in [6, 6.07) is 3.26. The Morgan fingerprint density at radius 3 is 2.55 bits per heavy atom. The van der Waals surface area contributed by atoms with Gasteiger partial charge in [-0.05, 0) is 19.4 Å². The number of amides is 2. The van der Waals surface area contributed by atoms with Crippen LogP contribution in [0.1, 0.15) is 50.8 Å². The number of cyclic esters (lactones) is 2. The molecule has 2 aliphatic rings. The molecule has 7 nitrogen and oxygen atoms in total. The molecule has 2 heterocycles. The molecule has 0 radical (unpaired) electrons. The number of imide groups is 1. The van der Waals surface area contributed by atoms with Crippen LogP contribution < -0.4 is 0 Å². The highest BCUT2D eigenvalue weighted by molar-refractivity contribution is 6.26. The van der Waals surface area contributed by atoms with Crippen LogP contribution in [0.2, 0.25) is 0 Å². The van der Waals surface area contributed by atoms with Crippen LogP contribution in [-0.2, 0) is 14.3 Å². The average Bonchev–Trinajstić information content (AvgIpc) is 2.72. The Hall–Kier alpha value is -2.83. The summed E-state index contributed by atoms with van der Waals surface area (Å²) in [5, 5.41) is 0. The molecule has 1 saturated heterocycles. The van der Waals surface area contributed by atoms with Crippen LogP contribution in [0.5, 0.6) is 0 Å². The van der Waals surface area contributed by atoms with Crippen molar-refractivity contribution in [1.29, 1.82) is 0 Å². The molecule has 22 heavy (non-hydrogen) atoms. The van der Waals surface area contributed by atoms with E-state index in [-0.39, 0.29) is 35.3 Å². The van der Waals surface area contributed by atoms with Gasteiger partial charge in [-0.15, -0.1) is 0 Å². The quantitative estimate of drug-likeness (QED) is 0.345. The molecule has 7 heteroatoms. The molecule has 2 amide bonds. The standard InChI is InChI=1S/C15H11NO6/c1-7(17)8-3-2-4-9-12(8)14(20)16(13(9)19)10-5-6-11(18)22-15(10)21/h2-4,10H,5-6H2,1H3. The predicted octanol–water partition coefficient (Wildman–Crippen LogP) is 0.717. The van der Waals surface area contributed by atoms with E-state index in [1.165, 1.54) is 25.1 Å². The Balaban J connectivity index is 2.04. The Bertz CT molecular complexity index is 750. The molecule has 1 aromatic rings. The maximum absolute atomic E-state index is 12.5. The maximum atomic E-state index is 12.5. The van der Waals surface area contributed by atoms with E-state index >= 15 is 0 Å². The van der Waals surface area contributed by atoms with Crippen LogP contribution in [0.25, 0.3) is 0 Å². The molecule has 2 aliphatic heterocycles. The minimum atomic E-state index is -1.13. The van der Waals surface area contributed by atoms with Gasteiger partial charge in [-0.3, -0.25) is 24.1 Å². The minimum absolute atomic E-state index is 0.00435. The normalized spacial score (nSPS) is 21.0. The molecule has 1 aromatic carbocycles. The van der Waals surface area contributed by atoms with Crippen LogP contribution in [0.3, 0.4) is 0 Å². The number of carbonyl (C=O) groups excluding carboxylic acids is 5. The lowest BCUT2D eigenvalue weighted by Crippen LogP contribution is -2.48.